The molecule has 210 valence electrons. The lowest BCUT2D eigenvalue weighted by Crippen LogP contribution is -2.45. The van der Waals surface area contributed by atoms with Crippen LogP contribution in [-0.4, -0.2) is 63.8 Å². The predicted molar refractivity (Wildman–Crippen MR) is 146 cm³/mol. The molecule has 1 heterocycles. The smallest absolute Gasteiger partial charge is 0.326 e. The molecule has 1 aromatic heterocycles. The fourth-order valence-corrected chi connectivity index (χ4v) is 3.47. The minimum absolute atomic E-state index is 0.00579. The molecule has 2 aromatic carbocycles. The minimum atomic E-state index is -1.03. The normalized spacial score (nSPS) is 12.5. The Bertz CT molecular complexity index is 1230. The third-order valence-corrected chi connectivity index (χ3v) is 5.79. The number of ether oxygens (including phenoxy) is 2. The predicted octanol–water partition coefficient (Wildman–Crippen LogP) is 1.89. The maximum absolute atomic E-state index is 12.1. The fraction of sp³-hybridized carbons (Fsp3) is 0.385. The Hall–Kier alpha value is -4.52. The molecule has 0 aliphatic carbocycles. The second-order valence-corrected chi connectivity index (χ2v) is 8.70. The molecule has 0 fully saturated rings. The average molecular weight is 541 g/mol. The van der Waals surface area contributed by atoms with Crippen molar-refractivity contribution in [2.75, 3.05) is 14.2 Å². The van der Waals surface area contributed by atoms with Crippen molar-refractivity contribution in [2.45, 2.75) is 45.7 Å². The second-order valence-electron chi connectivity index (χ2n) is 8.70. The summed E-state index contributed by atoms with van der Waals surface area (Å²) in [7, 11) is 3.03. The lowest BCUT2D eigenvalue weighted by molar-refractivity contribution is -0.139. The van der Waals surface area contributed by atoms with E-state index >= 15 is 0 Å². The number of aromatic amines is 1. The molecular formula is C26H36N8O5. The summed E-state index contributed by atoms with van der Waals surface area (Å²) in [6.07, 6.45) is 1.25. The Morgan fingerprint density at radius 2 is 1.87 bits per heavy atom. The van der Waals surface area contributed by atoms with Crippen LogP contribution in [0.25, 0.3) is 11.4 Å². The SMILES string of the molecule is CCC(C)CC(NC(N)=NC(=O)Cc1ccc(OC)c(OC)c1)C(=O)O.NCc1cccc(-c2nnn[nH]2)c1. The van der Waals surface area contributed by atoms with Crippen LogP contribution in [-0.2, 0) is 22.6 Å². The number of nitrogens with zero attached hydrogens (tertiary/aromatic N) is 4. The number of hydrogen-bond donors (Lipinski definition) is 5. The summed E-state index contributed by atoms with van der Waals surface area (Å²) in [4.78, 5) is 27.1. The van der Waals surface area contributed by atoms with Gasteiger partial charge in [0.15, 0.2) is 23.3 Å². The van der Waals surface area contributed by atoms with E-state index in [0.29, 0.717) is 35.9 Å². The molecule has 2 atom stereocenters. The van der Waals surface area contributed by atoms with Crippen molar-refractivity contribution < 1.29 is 24.2 Å². The van der Waals surface area contributed by atoms with Crippen LogP contribution in [0.4, 0.5) is 0 Å². The van der Waals surface area contributed by atoms with Crippen molar-refractivity contribution in [2.24, 2.45) is 22.4 Å². The summed E-state index contributed by atoms with van der Waals surface area (Å²) in [6, 6.07) is 12.0. The van der Waals surface area contributed by atoms with Gasteiger partial charge in [0.1, 0.15) is 6.04 Å². The van der Waals surface area contributed by atoms with E-state index in [4.69, 9.17) is 20.9 Å². The van der Waals surface area contributed by atoms with Crippen LogP contribution in [0.15, 0.2) is 47.5 Å². The summed E-state index contributed by atoms with van der Waals surface area (Å²) < 4.78 is 10.3. The quantitative estimate of drug-likeness (QED) is 0.175. The van der Waals surface area contributed by atoms with Crippen molar-refractivity contribution in [3.05, 3.63) is 53.6 Å². The van der Waals surface area contributed by atoms with Crippen molar-refractivity contribution >= 4 is 17.8 Å². The molecule has 13 nitrogen and oxygen atoms in total. The van der Waals surface area contributed by atoms with Gasteiger partial charge in [-0.05, 0) is 52.1 Å². The number of carboxylic acid groups (broad SMARTS) is 1. The number of aliphatic imine (C=N–C) groups is 1. The number of carbonyl (C=O) groups excluding carboxylic acids is 1. The zero-order chi connectivity index (χ0) is 28.8. The Morgan fingerprint density at radius 3 is 2.46 bits per heavy atom. The van der Waals surface area contributed by atoms with Gasteiger partial charge in [-0.3, -0.25) is 4.79 Å². The molecule has 13 heteroatoms. The molecule has 0 saturated heterocycles. The summed E-state index contributed by atoms with van der Waals surface area (Å²) in [6.45, 7) is 4.45. The molecule has 0 radical (unpaired) electrons. The van der Waals surface area contributed by atoms with Crippen LogP contribution in [0.2, 0.25) is 0 Å². The number of nitrogens with two attached hydrogens (primary N) is 2. The summed E-state index contributed by atoms with van der Waals surface area (Å²) in [5.41, 5.74) is 13.9. The number of guanidine groups is 1. The summed E-state index contributed by atoms with van der Waals surface area (Å²) in [5.74, 6) is 0.209. The van der Waals surface area contributed by atoms with E-state index in [-0.39, 0.29) is 18.3 Å². The van der Waals surface area contributed by atoms with Crippen LogP contribution in [0, 0.1) is 5.92 Å². The van der Waals surface area contributed by atoms with E-state index in [0.717, 1.165) is 17.5 Å². The average Bonchev–Trinajstić information content (AvgIpc) is 3.48. The number of methoxy groups -OCH3 is 2. The lowest BCUT2D eigenvalue weighted by Gasteiger charge is -2.18. The summed E-state index contributed by atoms with van der Waals surface area (Å²) in [5, 5.41) is 25.4. The number of benzene rings is 2. The van der Waals surface area contributed by atoms with Crippen molar-refractivity contribution in [3.8, 4) is 22.9 Å². The largest absolute Gasteiger partial charge is 0.493 e. The lowest BCUT2D eigenvalue weighted by atomic mass is 9.99. The number of H-pyrrole nitrogens is 1. The van der Waals surface area contributed by atoms with Gasteiger partial charge in [-0.25, -0.2) is 9.89 Å². The first kappa shape index (κ1) is 30.7. The van der Waals surface area contributed by atoms with Gasteiger partial charge in [0.2, 0.25) is 0 Å². The Labute approximate surface area is 227 Å². The van der Waals surface area contributed by atoms with Gasteiger partial charge in [-0.15, -0.1) is 5.10 Å². The number of carboxylic acids is 1. The Balaban J connectivity index is 0.000000338. The van der Waals surface area contributed by atoms with Gasteiger partial charge in [0, 0.05) is 12.1 Å². The van der Waals surface area contributed by atoms with Crippen LogP contribution in [0.1, 0.15) is 37.8 Å². The number of aliphatic carboxylic acids is 1. The molecule has 0 saturated carbocycles. The second kappa shape index (κ2) is 15.7. The van der Waals surface area contributed by atoms with Gasteiger partial charge < -0.3 is 31.4 Å². The number of rotatable bonds is 11. The third-order valence-electron chi connectivity index (χ3n) is 5.79. The highest BCUT2D eigenvalue weighted by molar-refractivity contribution is 5.94. The van der Waals surface area contributed by atoms with E-state index in [9.17, 15) is 14.7 Å². The van der Waals surface area contributed by atoms with Crippen LogP contribution >= 0.6 is 0 Å². The molecule has 7 N–H and O–H groups in total. The number of tetrazole rings is 1. The maximum Gasteiger partial charge on any atom is 0.326 e. The minimum Gasteiger partial charge on any atom is -0.493 e. The Kier molecular flexibility index (Phi) is 12.3. The fourth-order valence-electron chi connectivity index (χ4n) is 3.47. The molecule has 0 spiro atoms. The van der Waals surface area contributed by atoms with Crippen molar-refractivity contribution in [1.82, 2.24) is 25.9 Å². The number of nitrogens with one attached hydrogen (secondary N) is 2. The van der Waals surface area contributed by atoms with Crippen LogP contribution < -0.4 is 26.3 Å². The van der Waals surface area contributed by atoms with E-state index in [2.05, 4.69) is 30.9 Å². The van der Waals surface area contributed by atoms with Crippen molar-refractivity contribution in [3.63, 3.8) is 0 Å². The van der Waals surface area contributed by atoms with E-state index in [1.165, 1.54) is 14.2 Å². The van der Waals surface area contributed by atoms with Gasteiger partial charge in [-0.1, -0.05) is 44.5 Å². The third kappa shape index (κ3) is 10.0. The molecule has 0 aliphatic rings. The first-order valence-corrected chi connectivity index (χ1v) is 12.3. The molecule has 3 aromatic rings. The molecule has 0 bridgehead atoms. The maximum atomic E-state index is 12.1. The highest BCUT2D eigenvalue weighted by Crippen LogP contribution is 2.27. The van der Waals surface area contributed by atoms with Crippen molar-refractivity contribution in [1.29, 1.82) is 0 Å². The molecule has 39 heavy (non-hydrogen) atoms. The molecule has 0 aliphatic heterocycles. The highest BCUT2D eigenvalue weighted by atomic mass is 16.5. The van der Waals surface area contributed by atoms with E-state index in [1.807, 2.05) is 38.1 Å². The monoisotopic (exact) mass is 540 g/mol. The number of aromatic nitrogens is 4. The van der Waals surface area contributed by atoms with Crippen LogP contribution in [0.3, 0.4) is 0 Å². The first-order chi connectivity index (χ1) is 18.7. The molecule has 1 amide bonds. The van der Waals surface area contributed by atoms with E-state index in [1.54, 1.807) is 18.2 Å². The van der Waals surface area contributed by atoms with Gasteiger partial charge >= 0.3 is 5.97 Å². The summed E-state index contributed by atoms with van der Waals surface area (Å²) >= 11 is 0. The molecular weight excluding hydrogens is 504 g/mol. The molecule has 3 rings (SSSR count). The first-order valence-electron chi connectivity index (χ1n) is 12.3. The number of hydrogen-bond acceptors (Lipinski definition) is 8. The number of amides is 1. The van der Waals surface area contributed by atoms with Gasteiger partial charge in [-0.2, -0.15) is 4.99 Å². The molecule has 2 unspecified atom stereocenters. The van der Waals surface area contributed by atoms with Gasteiger partial charge in [0.25, 0.3) is 5.91 Å². The topological polar surface area (TPSA) is 204 Å². The van der Waals surface area contributed by atoms with Gasteiger partial charge in [0.05, 0.1) is 20.6 Å². The standard InChI is InChI=1S/C18H27N3O5.C8H9N5/c1-5-11(2)8-13(17(23)24)20-18(19)21-16(22)10-12-6-7-14(25-3)15(9-12)26-4;9-5-6-2-1-3-7(4-6)8-10-12-13-11-8/h6-7,9,11,13H,5,8,10H2,1-4H3,(H,23,24)(H3,19,20,21,22);1-4H,5,9H2,(H,10,11,12,13). The van der Waals surface area contributed by atoms with Crippen LogP contribution in [0.5, 0.6) is 11.5 Å². The highest BCUT2D eigenvalue weighted by Gasteiger charge is 2.20. The van der Waals surface area contributed by atoms with E-state index < -0.39 is 17.9 Å². The zero-order valence-electron chi connectivity index (χ0n) is 22.5. The number of carbonyl (C=O) groups is 2. The zero-order valence-corrected chi connectivity index (χ0v) is 22.5. The Morgan fingerprint density at radius 1 is 1.13 bits per heavy atom.